The maximum Gasteiger partial charge on any atom is 0.118 e. The molecular formula is C14H19N3. The molecule has 3 nitrogen and oxygen atoms in total. The summed E-state index contributed by atoms with van der Waals surface area (Å²) in [6.45, 7) is 9.15. The first-order valence-corrected chi connectivity index (χ1v) is 6.16. The Kier molecular flexibility index (Phi) is 1.83. The van der Waals surface area contributed by atoms with Crippen LogP contribution in [-0.2, 0) is 0 Å². The molecule has 1 heterocycles. The van der Waals surface area contributed by atoms with Crippen LogP contribution in [0.3, 0.4) is 0 Å². The monoisotopic (exact) mass is 229 g/mol. The van der Waals surface area contributed by atoms with Crippen LogP contribution in [0.25, 0.3) is 0 Å². The van der Waals surface area contributed by atoms with Gasteiger partial charge in [-0.2, -0.15) is 10.2 Å². The highest BCUT2D eigenvalue weighted by molar-refractivity contribution is 5.59. The Bertz CT molecular complexity index is 516. The van der Waals surface area contributed by atoms with Gasteiger partial charge in [-0.1, -0.05) is 27.7 Å². The Labute approximate surface area is 102 Å². The molecular weight excluding hydrogens is 210 g/mol. The van der Waals surface area contributed by atoms with Crippen LogP contribution in [0.4, 0.5) is 0 Å². The molecule has 0 aromatic carbocycles. The van der Waals surface area contributed by atoms with Crippen molar-refractivity contribution >= 4 is 0 Å². The number of hydrogen-bond acceptors (Lipinski definition) is 3. The molecule has 0 aromatic rings. The molecule has 2 N–H and O–H groups in total. The van der Waals surface area contributed by atoms with Crippen LogP contribution >= 0.6 is 0 Å². The summed E-state index contributed by atoms with van der Waals surface area (Å²) in [5.41, 5.74) is 11.4. The lowest BCUT2D eigenvalue weighted by Gasteiger charge is -2.27. The van der Waals surface area contributed by atoms with Gasteiger partial charge in [0.1, 0.15) is 6.04 Å². The van der Waals surface area contributed by atoms with Crippen LogP contribution in [0.1, 0.15) is 34.1 Å². The molecule has 0 spiro atoms. The Balaban J connectivity index is 2.25. The quantitative estimate of drug-likeness (QED) is 0.680. The number of azo groups is 1. The van der Waals surface area contributed by atoms with Gasteiger partial charge in [0, 0.05) is 11.3 Å². The SMILES string of the molecule is CC1(C)CC(C)(C)C2=C(N)C3=CN=N[C@@H]3C=C21. The lowest BCUT2D eigenvalue weighted by Crippen LogP contribution is -2.23. The number of fused-ring (bicyclic) bond motifs is 2. The Morgan fingerprint density at radius 1 is 1.24 bits per heavy atom. The van der Waals surface area contributed by atoms with Crippen molar-refractivity contribution in [2.45, 2.75) is 40.2 Å². The topological polar surface area (TPSA) is 50.7 Å². The van der Waals surface area contributed by atoms with Gasteiger partial charge in [0.2, 0.25) is 0 Å². The molecule has 1 fully saturated rings. The van der Waals surface area contributed by atoms with Gasteiger partial charge in [-0.3, -0.25) is 0 Å². The van der Waals surface area contributed by atoms with E-state index in [1.807, 2.05) is 6.20 Å². The summed E-state index contributed by atoms with van der Waals surface area (Å²) in [4.78, 5) is 0. The van der Waals surface area contributed by atoms with Gasteiger partial charge in [0.25, 0.3) is 0 Å². The zero-order valence-electron chi connectivity index (χ0n) is 10.9. The first kappa shape index (κ1) is 10.8. The fourth-order valence-electron chi connectivity index (χ4n) is 3.77. The third-order valence-electron chi connectivity index (χ3n) is 4.17. The Morgan fingerprint density at radius 3 is 2.65 bits per heavy atom. The fourth-order valence-corrected chi connectivity index (χ4v) is 3.77. The van der Waals surface area contributed by atoms with Crippen LogP contribution in [0.5, 0.6) is 0 Å². The fraction of sp³-hybridized carbons (Fsp3) is 0.571. The van der Waals surface area contributed by atoms with E-state index in [9.17, 15) is 0 Å². The zero-order valence-corrected chi connectivity index (χ0v) is 10.9. The summed E-state index contributed by atoms with van der Waals surface area (Å²) in [5, 5.41) is 8.23. The van der Waals surface area contributed by atoms with Crippen molar-refractivity contribution in [2.75, 3.05) is 0 Å². The molecule has 0 amide bonds. The highest BCUT2D eigenvalue weighted by atomic mass is 15.1. The van der Waals surface area contributed by atoms with Crippen molar-refractivity contribution in [3.63, 3.8) is 0 Å². The second kappa shape index (κ2) is 2.89. The Hall–Kier alpha value is -1.38. The van der Waals surface area contributed by atoms with E-state index in [1.165, 1.54) is 11.1 Å². The molecule has 1 atom stereocenters. The van der Waals surface area contributed by atoms with Crippen LogP contribution in [0.2, 0.25) is 0 Å². The smallest absolute Gasteiger partial charge is 0.118 e. The number of hydrogen-bond donors (Lipinski definition) is 1. The first-order chi connectivity index (χ1) is 7.83. The van der Waals surface area contributed by atoms with Crippen molar-refractivity contribution in [3.8, 4) is 0 Å². The summed E-state index contributed by atoms with van der Waals surface area (Å²) in [7, 11) is 0. The van der Waals surface area contributed by atoms with Gasteiger partial charge < -0.3 is 5.73 Å². The van der Waals surface area contributed by atoms with E-state index in [-0.39, 0.29) is 16.9 Å². The summed E-state index contributed by atoms with van der Waals surface area (Å²) in [6, 6.07) is 0.0573. The van der Waals surface area contributed by atoms with Gasteiger partial charge >= 0.3 is 0 Å². The lowest BCUT2D eigenvalue weighted by atomic mass is 9.79. The maximum atomic E-state index is 6.35. The third-order valence-corrected chi connectivity index (χ3v) is 4.17. The van der Waals surface area contributed by atoms with E-state index in [4.69, 9.17) is 5.73 Å². The molecule has 2 aliphatic carbocycles. The molecule has 0 saturated heterocycles. The molecule has 1 saturated carbocycles. The summed E-state index contributed by atoms with van der Waals surface area (Å²) in [6.07, 6.45) is 5.20. The van der Waals surface area contributed by atoms with Gasteiger partial charge in [-0.15, -0.1) is 0 Å². The van der Waals surface area contributed by atoms with E-state index in [0.717, 1.165) is 17.7 Å². The predicted octanol–water partition coefficient (Wildman–Crippen LogP) is 3.31. The van der Waals surface area contributed by atoms with E-state index in [0.29, 0.717) is 0 Å². The minimum Gasteiger partial charge on any atom is -0.398 e. The van der Waals surface area contributed by atoms with Crippen molar-refractivity contribution in [3.05, 3.63) is 34.7 Å². The molecule has 3 heteroatoms. The lowest BCUT2D eigenvalue weighted by molar-refractivity contribution is 0.338. The third kappa shape index (κ3) is 1.28. The maximum absolute atomic E-state index is 6.35. The molecule has 17 heavy (non-hydrogen) atoms. The van der Waals surface area contributed by atoms with E-state index in [1.54, 1.807) is 0 Å². The molecule has 0 bridgehead atoms. The molecule has 0 radical (unpaired) electrons. The second-order valence-corrected chi connectivity index (χ2v) is 6.57. The van der Waals surface area contributed by atoms with Crippen molar-refractivity contribution in [1.29, 1.82) is 0 Å². The number of allylic oxidation sites excluding steroid dienone is 2. The van der Waals surface area contributed by atoms with Crippen LogP contribution in [-0.4, -0.2) is 6.04 Å². The summed E-state index contributed by atoms with van der Waals surface area (Å²) in [5.74, 6) is 0. The van der Waals surface area contributed by atoms with Crippen LogP contribution < -0.4 is 5.73 Å². The van der Waals surface area contributed by atoms with Gasteiger partial charge in [0.05, 0.1) is 6.20 Å². The van der Waals surface area contributed by atoms with Gasteiger partial charge in [-0.25, -0.2) is 0 Å². The molecule has 1 aliphatic heterocycles. The second-order valence-electron chi connectivity index (χ2n) is 6.57. The van der Waals surface area contributed by atoms with Crippen LogP contribution in [0, 0.1) is 10.8 Å². The average molecular weight is 229 g/mol. The number of rotatable bonds is 0. The van der Waals surface area contributed by atoms with E-state index in [2.05, 4.69) is 44.0 Å². The Morgan fingerprint density at radius 2 is 1.94 bits per heavy atom. The van der Waals surface area contributed by atoms with Crippen molar-refractivity contribution in [1.82, 2.24) is 0 Å². The summed E-state index contributed by atoms with van der Waals surface area (Å²) >= 11 is 0. The largest absolute Gasteiger partial charge is 0.398 e. The molecule has 3 aliphatic rings. The normalized spacial score (nSPS) is 32.1. The van der Waals surface area contributed by atoms with Crippen molar-refractivity contribution < 1.29 is 0 Å². The van der Waals surface area contributed by atoms with E-state index >= 15 is 0 Å². The van der Waals surface area contributed by atoms with Crippen LogP contribution in [0.15, 0.2) is 44.9 Å². The molecule has 0 aromatic heterocycles. The molecule has 3 rings (SSSR count). The number of nitrogens with zero attached hydrogens (tertiary/aromatic N) is 2. The minimum absolute atomic E-state index is 0.0573. The standard InChI is InChI=1S/C14H19N3/c1-13(2)7-14(3,4)11-9(13)5-10-8(12(11)15)6-16-17-10/h5-6,10H,7,15H2,1-4H3/t10-/m1/s1. The molecule has 90 valence electrons. The van der Waals surface area contributed by atoms with Gasteiger partial charge in [0.15, 0.2) is 0 Å². The minimum atomic E-state index is 0.0573. The van der Waals surface area contributed by atoms with Crippen molar-refractivity contribution in [2.24, 2.45) is 26.8 Å². The summed E-state index contributed by atoms with van der Waals surface area (Å²) < 4.78 is 0. The molecule has 0 unspecified atom stereocenters. The predicted molar refractivity (Wildman–Crippen MR) is 68.2 cm³/mol. The average Bonchev–Trinajstić information content (AvgIpc) is 2.68. The first-order valence-electron chi connectivity index (χ1n) is 6.16. The highest BCUT2D eigenvalue weighted by Crippen LogP contribution is 2.59. The number of nitrogens with two attached hydrogens (primary N) is 1. The van der Waals surface area contributed by atoms with E-state index < -0.39 is 0 Å². The highest BCUT2D eigenvalue weighted by Gasteiger charge is 2.48. The zero-order chi connectivity index (χ0) is 12.4. The van der Waals surface area contributed by atoms with Gasteiger partial charge in [-0.05, 0) is 34.5 Å².